The first-order chi connectivity index (χ1) is 7.83. The lowest BCUT2D eigenvalue weighted by Crippen LogP contribution is -2.27. The van der Waals surface area contributed by atoms with Crippen LogP contribution < -0.4 is 10.5 Å². The molecule has 0 radical (unpaired) electrons. The third-order valence-electron chi connectivity index (χ3n) is 2.13. The molecule has 6 heteroatoms. The lowest BCUT2D eigenvalue weighted by atomic mass is 10.2. The molecule has 1 rings (SSSR count). The van der Waals surface area contributed by atoms with E-state index in [1.165, 1.54) is 24.3 Å². The monoisotopic (exact) mass is 256 g/mol. The van der Waals surface area contributed by atoms with E-state index in [2.05, 4.69) is 4.72 Å². The molecule has 0 aromatic heterocycles. The largest absolute Gasteiger partial charge is 0.366 e. The maximum absolute atomic E-state index is 11.8. The van der Waals surface area contributed by atoms with Crippen LogP contribution in [-0.4, -0.2) is 20.9 Å². The van der Waals surface area contributed by atoms with Gasteiger partial charge in [0, 0.05) is 12.1 Å². The molecule has 0 fully saturated rings. The molecule has 0 bridgehead atoms. The minimum absolute atomic E-state index is 0.128. The number of rotatable bonds is 5. The van der Waals surface area contributed by atoms with Crippen LogP contribution in [0.25, 0.3) is 0 Å². The van der Waals surface area contributed by atoms with E-state index in [1.54, 1.807) is 0 Å². The van der Waals surface area contributed by atoms with E-state index in [0.717, 1.165) is 0 Å². The topological polar surface area (TPSA) is 89.3 Å². The summed E-state index contributed by atoms with van der Waals surface area (Å²) in [6.07, 6.45) is 0. The Balaban J connectivity index is 2.89. The van der Waals surface area contributed by atoms with Crippen LogP contribution in [0.15, 0.2) is 29.2 Å². The van der Waals surface area contributed by atoms with Crippen molar-refractivity contribution in [3.05, 3.63) is 29.8 Å². The fraction of sp³-hybridized carbons (Fsp3) is 0.364. The fourth-order valence-corrected chi connectivity index (χ4v) is 2.37. The molecule has 1 aromatic carbocycles. The third-order valence-corrected chi connectivity index (χ3v) is 3.57. The van der Waals surface area contributed by atoms with Gasteiger partial charge in [-0.25, -0.2) is 13.1 Å². The number of amides is 1. The summed E-state index contributed by atoms with van der Waals surface area (Å²) in [5, 5.41) is 0. The Morgan fingerprint density at radius 1 is 1.29 bits per heavy atom. The Hall–Kier alpha value is -1.40. The highest BCUT2D eigenvalue weighted by Gasteiger charge is 2.14. The molecule has 1 amide bonds. The van der Waals surface area contributed by atoms with Gasteiger partial charge in [0.1, 0.15) is 0 Å². The molecule has 3 N–H and O–H groups in total. The first-order valence-electron chi connectivity index (χ1n) is 5.22. The lowest BCUT2D eigenvalue weighted by molar-refractivity contribution is 0.1000. The van der Waals surface area contributed by atoms with Crippen molar-refractivity contribution in [1.82, 2.24) is 4.72 Å². The molecule has 0 aliphatic carbocycles. The fourth-order valence-electron chi connectivity index (χ4n) is 1.16. The Labute approximate surface area is 101 Å². The molecule has 17 heavy (non-hydrogen) atoms. The van der Waals surface area contributed by atoms with Crippen LogP contribution in [-0.2, 0) is 10.0 Å². The van der Waals surface area contributed by atoms with E-state index in [-0.39, 0.29) is 16.4 Å². The first-order valence-corrected chi connectivity index (χ1v) is 6.71. The van der Waals surface area contributed by atoms with E-state index < -0.39 is 15.9 Å². The quantitative estimate of drug-likeness (QED) is 0.813. The molecular formula is C11H16N2O3S. The van der Waals surface area contributed by atoms with Crippen LogP contribution in [0.4, 0.5) is 0 Å². The average Bonchev–Trinajstić information content (AvgIpc) is 2.27. The maximum atomic E-state index is 11.8. The Bertz CT molecular complexity index is 492. The number of nitrogens with one attached hydrogen (secondary N) is 1. The normalized spacial score (nSPS) is 11.7. The van der Waals surface area contributed by atoms with E-state index in [0.29, 0.717) is 6.54 Å². The zero-order valence-electron chi connectivity index (χ0n) is 9.80. The number of nitrogens with two attached hydrogens (primary N) is 1. The highest BCUT2D eigenvalue weighted by molar-refractivity contribution is 7.89. The maximum Gasteiger partial charge on any atom is 0.248 e. The Morgan fingerprint density at radius 3 is 2.24 bits per heavy atom. The zero-order chi connectivity index (χ0) is 13.1. The molecule has 5 nitrogen and oxygen atoms in total. The molecule has 0 aliphatic rings. The van der Waals surface area contributed by atoms with Crippen molar-refractivity contribution in [2.75, 3.05) is 6.54 Å². The Kier molecular flexibility index (Phi) is 4.25. The van der Waals surface area contributed by atoms with Gasteiger partial charge in [-0.15, -0.1) is 0 Å². The van der Waals surface area contributed by atoms with Crippen molar-refractivity contribution in [2.45, 2.75) is 18.7 Å². The zero-order valence-corrected chi connectivity index (χ0v) is 10.6. The summed E-state index contributed by atoms with van der Waals surface area (Å²) in [6, 6.07) is 5.52. The number of carbonyl (C=O) groups excluding carboxylic acids is 1. The molecule has 0 aliphatic heterocycles. The number of hydrogen-bond donors (Lipinski definition) is 2. The molecule has 1 aromatic rings. The van der Waals surface area contributed by atoms with Crippen molar-refractivity contribution in [1.29, 1.82) is 0 Å². The first kappa shape index (κ1) is 13.7. The SMILES string of the molecule is CC(C)CNS(=O)(=O)c1ccc(C(N)=O)cc1. The summed E-state index contributed by atoms with van der Waals surface area (Å²) in [4.78, 5) is 11.0. The van der Waals surface area contributed by atoms with Gasteiger partial charge in [-0.05, 0) is 30.2 Å². The molecule has 0 spiro atoms. The molecular weight excluding hydrogens is 240 g/mol. The van der Waals surface area contributed by atoms with Gasteiger partial charge in [-0.3, -0.25) is 4.79 Å². The highest BCUT2D eigenvalue weighted by atomic mass is 32.2. The van der Waals surface area contributed by atoms with Gasteiger partial charge in [0.25, 0.3) is 0 Å². The van der Waals surface area contributed by atoms with Gasteiger partial charge in [0.05, 0.1) is 4.90 Å². The van der Waals surface area contributed by atoms with Gasteiger partial charge >= 0.3 is 0 Å². The second kappa shape index (κ2) is 5.29. The van der Waals surface area contributed by atoms with E-state index in [9.17, 15) is 13.2 Å². The summed E-state index contributed by atoms with van der Waals surface area (Å²) in [6.45, 7) is 4.21. The van der Waals surface area contributed by atoms with E-state index in [4.69, 9.17) is 5.73 Å². The van der Waals surface area contributed by atoms with Gasteiger partial charge < -0.3 is 5.73 Å². The van der Waals surface area contributed by atoms with Crippen molar-refractivity contribution in [2.24, 2.45) is 11.7 Å². The van der Waals surface area contributed by atoms with Crippen molar-refractivity contribution in [3.63, 3.8) is 0 Å². The number of benzene rings is 1. The molecule has 94 valence electrons. The van der Waals surface area contributed by atoms with Gasteiger partial charge in [-0.1, -0.05) is 13.8 Å². The van der Waals surface area contributed by atoms with Gasteiger partial charge in [0.2, 0.25) is 15.9 Å². The summed E-state index contributed by atoms with van der Waals surface area (Å²) >= 11 is 0. The summed E-state index contributed by atoms with van der Waals surface area (Å²) in [5.74, 6) is -0.348. The van der Waals surface area contributed by atoms with E-state index >= 15 is 0 Å². The number of primary amides is 1. The summed E-state index contributed by atoms with van der Waals surface area (Å²) < 4.78 is 26.1. The molecule has 0 unspecified atom stereocenters. The number of carbonyl (C=O) groups is 1. The van der Waals surface area contributed by atoms with Crippen LogP contribution in [0.3, 0.4) is 0 Å². The molecule has 0 atom stereocenters. The smallest absolute Gasteiger partial charge is 0.248 e. The van der Waals surface area contributed by atoms with Crippen molar-refractivity contribution < 1.29 is 13.2 Å². The summed E-state index contributed by atoms with van der Waals surface area (Å²) in [5.41, 5.74) is 5.35. The van der Waals surface area contributed by atoms with Gasteiger partial charge in [0.15, 0.2) is 0 Å². The predicted octanol–water partition coefficient (Wildman–Crippen LogP) is 0.720. The van der Waals surface area contributed by atoms with Crippen LogP contribution in [0.1, 0.15) is 24.2 Å². The molecule has 0 saturated heterocycles. The second-order valence-electron chi connectivity index (χ2n) is 4.13. The van der Waals surface area contributed by atoms with Crippen LogP contribution >= 0.6 is 0 Å². The minimum atomic E-state index is -3.50. The second-order valence-corrected chi connectivity index (χ2v) is 5.90. The van der Waals surface area contributed by atoms with Crippen LogP contribution in [0, 0.1) is 5.92 Å². The average molecular weight is 256 g/mol. The predicted molar refractivity (Wildman–Crippen MR) is 65.0 cm³/mol. The van der Waals surface area contributed by atoms with Crippen LogP contribution in [0.5, 0.6) is 0 Å². The van der Waals surface area contributed by atoms with E-state index in [1.807, 2.05) is 13.8 Å². The van der Waals surface area contributed by atoms with Crippen molar-refractivity contribution >= 4 is 15.9 Å². The van der Waals surface area contributed by atoms with Crippen LogP contribution in [0.2, 0.25) is 0 Å². The summed E-state index contributed by atoms with van der Waals surface area (Å²) in [7, 11) is -3.50. The van der Waals surface area contributed by atoms with Crippen molar-refractivity contribution in [3.8, 4) is 0 Å². The molecule has 0 saturated carbocycles. The minimum Gasteiger partial charge on any atom is -0.366 e. The molecule has 0 heterocycles. The Morgan fingerprint density at radius 2 is 1.82 bits per heavy atom. The highest BCUT2D eigenvalue weighted by Crippen LogP contribution is 2.10. The third kappa shape index (κ3) is 3.83. The standard InChI is InChI=1S/C11H16N2O3S/c1-8(2)7-13-17(15,16)10-5-3-9(4-6-10)11(12)14/h3-6,8,13H,7H2,1-2H3,(H2,12,14). The lowest BCUT2D eigenvalue weighted by Gasteiger charge is -2.08. The number of sulfonamides is 1. The number of hydrogen-bond acceptors (Lipinski definition) is 3. The van der Waals surface area contributed by atoms with Gasteiger partial charge in [-0.2, -0.15) is 0 Å².